The van der Waals surface area contributed by atoms with Crippen LogP contribution in [0.1, 0.15) is 6.42 Å². The number of carbonyl (C=O) groups is 1. The highest BCUT2D eigenvalue weighted by Crippen LogP contribution is 2.25. The third kappa shape index (κ3) is 5.90. The third-order valence-electron chi connectivity index (χ3n) is 2.61. The Morgan fingerprint density at radius 1 is 1.30 bits per heavy atom. The van der Waals surface area contributed by atoms with Crippen LogP contribution in [0.4, 0.5) is 0 Å². The predicted octanol–water partition coefficient (Wildman–Crippen LogP) is 0.588. The van der Waals surface area contributed by atoms with Gasteiger partial charge in [-0.05, 0) is 12.1 Å². The lowest BCUT2D eigenvalue weighted by molar-refractivity contribution is -0.140. The number of benzene rings is 1. The van der Waals surface area contributed by atoms with Gasteiger partial charge in [0.25, 0.3) is 0 Å². The maximum Gasteiger partial charge on any atom is 0.306 e. The molecular formula is C14H21NO5. The summed E-state index contributed by atoms with van der Waals surface area (Å²) in [6, 6.07) is 7.24. The van der Waals surface area contributed by atoms with Crippen LogP contribution in [0, 0.1) is 0 Å². The van der Waals surface area contributed by atoms with Crippen molar-refractivity contribution in [3.63, 3.8) is 0 Å². The number of aliphatic hydroxyl groups is 1. The number of carbonyl (C=O) groups excluding carboxylic acids is 1. The van der Waals surface area contributed by atoms with Crippen LogP contribution in [0.5, 0.6) is 11.5 Å². The summed E-state index contributed by atoms with van der Waals surface area (Å²) >= 11 is 0. The number of hydrogen-bond acceptors (Lipinski definition) is 6. The van der Waals surface area contributed by atoms with Crippen LogP contribution in [-0.2, 0) is 9.53 Å². The van der Waals surface area contributed by atoms with E-state index in [0.29, 0.717) is 24.6 Å². The minimum absolute atomic E-state index is 0.144. The molecule has 0 fully saturated rings. The molecule has 1 aromatic rings. The largest absolute Gasteiger partial charge is 0.493 e. The minimum Gasteiger partial charge on any atom is -0.493 e. The summed E-state index contributed by atoms with van der Waals surface area (Å²) in [6.45, 7) is 0.941. The summed E-state index contributed by atoms with van der Waals surface area (Å²) in [5.74, 6) is 0.930. The number of nitrogens with one attached hydrogen (secondary N) is 1. The van der Waals surface area contributed by atoms with E-state index in [4.69, 9.17) is 9.47 Å². The van der Waals surface area contributed by atoms with Crippen LogP contribution in [0.2, 0.25) is 0 Å². The highest BCUT2D eigenvalue weighted by Gasteiger charge is 2.08. The fraction of sp³-hybridized carbons (Fsp3) is 0.500. The van der Waals surface area contributed by atoms with Crippen LogP contribution >= 0.6 is 0 Å². The van der Waals surface area contributed by atoms with Crippen LogP contribution in [-0.4, -0.2) is 51.1 Å². The number of ether oxygens (including phenoxy) is 3. The Labute approximate surface area is 118 Å². The Morgan fingerprint density at radius 3 is 2.65 bits per heavy atom. The van der Waals surface area contributed by atoms with Gasteiger partial charge in [0.1, 0.15) is 12.7 Å². The Balaban J connectivity index is 2.22. The molecule has 0 amide bonds. The van der Waals surface area contributed by atoms with Gasteiger partial charge >= 0.3 is 5.97 Å². The number of hydrogen-bond donors (Lipinski definition) is 2. The Hall–Kier alpha value is -1.79. The van der Waals surface area contributed by atoms with Gasteiger partial charge in [0.2, 0.25) is 0 Å². The van der Waals surface area contributed by atoms with Gasteiger partial charge in [0.15, 0.2) is 11.5 Å². The molecule has 6 nitrogen and oxygen atoms in total. The fourth-order valence-corrected chi connectivity index (χ4v) is 1.54. The molecule has 0 aromatic heterocycles. The van der Waals surface area contributed by atoms with Crippen LogP contribution < -0.4 is 14.8 Å². The van der Waals surface area contributed by atoms with Crippen molar-refractivity contribution in [2.24, 2.45) is 0 Å². The molecule has 1 unspecified atom stereocenters. The number of aliphatic hydroxyl groups excluding tert-OH is 1. The van der Waals surface area contributed by atoms with Gasteiger partial charge in [-0.2, -0.15) is 0 Å². The summed E-state index contributed by atoms with van der Waals surface area (Å²) < 4.78 is 15.1. The maximum atomic E-state index is 10.9. The quantitative estimate of drug-likeness (QED) is 0.510. The van der Waals surface area contributed by atoms with Crippen molar-refractivity contribution in [1.29, 1.82) is 0 Å². The summed E-state index contributed by atoms with van der Waals surface area (Å²) in [5, 5.41) is 12.7. The molecule has 2 N–H and O–H groups in total. The second-order valence-electron chi connectivity index (χ2n) is 4.15. The van der Waals surface area contributed by atoms with Crippen molar-refractivity contribution in [2.45, 2.75) is 12.5 Å². The molecule has 0 aliphatic rings. The molecule has 0 radical (unpaired) electrons. The summed E-state index contributed by atoms with van der Waals surface area (Å²) in [6.07, 6.45) is -0.395. The van der Waals surface area contributed by atoms with Gasteiger partial charge in [-0.3, -0.25) is 4.79 Å². The number of para-hydroxylation sites is 2. The van der Waals surface area contributed by atoms with Crippen molar-refractivity contribution in [3.8, 4) is 11.5 Å². The maximum absolute atomic E-state index is 10.9. The van der Waals surface area contributed by atoms with Crippen LogP contribution in [0.25, 0.3) is 0 Å². The number of rotatable bonds is 9. The number of esters is 1. The van der Waals surface area contributed by atoms with Gasteiger partial charge < -0.3 is 24.6 Å². The van der Waals surface area contributed by atoms with E-state index in [-0.39, 0.29) is 19.0 Å². The average Bonchev–Trinajstić information content (AvgIpc) is 2.49. The van der Waals surface area contributed by atoms with E-state index in [1.807, 2.05) is 12.1 Å². The lowest BCUT2D eigenvalue weighted by Crippen LogP contribution is -2.32. The highest BCUT2D eigenvalue weighted by atomic mass is 16.5. The molecule has 6 heteroatoms. The van der Waals surface area contributed by atoms with E-state index >= 15 is 0 Å². The Morgan fingerprint density at radius 2 is 2.00 bits per heavy atom. The second kappa shape index (κ2) is 9.17. The van der Waals surface area contributed by atoms with Crippen LogP contribution in [0.3, 0.4) is 0 Å². The first-order valence-corrected chi connectivity index (χ1v) is 6.38. The van der Waals surface area contributed by atoms with Gasteiger partial charge in [-0.25, -0.2) is 0 Å². The molecule has 1 rings (SSSR count). The summed E-state index contributed by atoms with van der Waals surface area (Å²) in [4.78, 5) is 10.9. The molecule has 112 valence electrons. The third-order valence-corrected chi connectivity index (χ3v) is 2.61. The van der Waals surface area contributed by atoms with Crippen molar-refractivity contribution in [1.82, 2.24) is 5.32 Å². The first-order valence-electron chi connectivity index (χ1n) is 6.38. The zero-order chi connectivity index (χ0) is 14.8. The molecule has 1 aromatic carbocycles. The number of methoxy groups -OCH3 is 2. The molecule has 0 heterocycles. The Bertz CT molecular complexity index is 410. The smallest absolute Gasteiger partial charge is 0.306 e. The molecule has 0 saturated heterocycles. The molecule has 0 spiro atoms. The van der Waals surface area contributed by atoms with Gasteiger partial charge in [-0.15, -0.1) is 0 Å². The van der Waals surface area contributed by atoms with Crippen LogP contribution in [0.15, 0.2) is 24.3 Å². The van der Waals surface area contributed by atoms with E-state index in [9.17, 15) is 9.90 Å². The lowest BCUT2D eigenvalue weighted by Gasteiger charge is -2.14. The summed E-state index contributed by atoms with van der Waals surface area (Å²) in [5.41, 5.74) is 0. The highest BCUT2D eigenvalue weighted by molar-refractivity contribution is 5.69. The van der Waals surface area contributed by atoms with Gasteiger partial charge in [0.05, 0.1) is 20.6 Å². The monoisotopic (exact) mass is 283 g/mol. The molecule has 0 bridgehead atoms. The van der Waals surface area contributed by atoms with E-state index in [1.165, 1.54) is 7.11 Å². The van der Waals surface area contributed by atoms with Crippen molar-refractivity contribution < 1.29 is 24.1 Å². The van der Waals surface area contributed by atoms with E-state index in [2.05, 4.69) is 10.1 Å². The van der Waals surface area contributed by atoms with E-state index in [0.717, 1.165) is 0 Å². The topological polar surface area (TPSA) is 77.0 Å². The fourth-order valence-electron chi connectivity index (χ4n) is 1.54. The standard InChI is InChI=1S/C14H21NO5/c1-18-12-5-3-4-6-13(12)20-10-11(16)9-15-8-7-14(17)19-2/h3-6,11,15-16H,7-10H2,1-2H3. The minimum atomic E-state index is -0.669. The van der Waals surface area contributed by atoms with Crippen molar-refractivity contribution in [3.05, 3.63) is 24.3 Å². The van der Waals surface area contributed by atoms with Gasteiger partial charge in [-0.1, -0.05) is 12.1 Å². The van der Waals surface area contributed by atoms with Crippen molar-refractivity contribution >= 4 is 5.97 Å². The molecule has 0 aliphatic heterocycles. The molecule has 0 aliphatic carbocycles. The SMILES string of the molecule is COC(=O)CCNCC(O)COc1ccccc1OC. The second-order valence-corrected chi connectivity index (χ2v) is 4.15. The molecular weight excluding hydrogens is 262 g/mol. The van der Waals surface area contributed by atoms with E-state index in [1.54, 1.807) is 19.2 Å². The Kier molecular flexibility index (Phi) is 7.46. The zero-order valence-electron chi connectivity index (χ0n) is 11.8. The average molecular weight is 283 g/mol. The van der Waals surface area contributed by atoms with Crippen molar-refractivity contribution in [2.75, 3.05) is 33.9 Å². The lowest BCUT2D eigenvalue weighted by atomic mass is 10.3. The molecule has 1 atom stereocenters. The molecule has 20 heavy (non-hydrogen) atoms. The molecule has 0 saturated carbocycles. The van der Waals surface area contributed by atoms with Gasteiger partial charge in [0, 0.05) is 13.1 Å². The zero-order valence-corrected chi connectivity index (χ0v) is 11.8. The van der Waals surface area contributed by atoms with E-state index < -0.39 is 6.10 Å². The normalized spacial score (nSPS) is 11.8. The first kappa shape index (κ1) is 16.3. The predicted molar refractivity (Wildman–Crippen MR) is 74.0 cm³/mol. The summed E-state index contributed by atoms with van der Waals surface area (Å²) in [7, 11) is 2.91. The first-order chi connectivity index (χ1) is 9.67.